The fraction of sp³-hybridized carbons (Fsp3) is 0.588. The summed E-state index contributed by atoms with van der Waals surface area (Å²) < 4.78 is 10.6. The zero-order valence-corrected chi connectivity index (χ0v) is 13.2. The van der Waals surface area contributed by atoms with E-state index in [0.717, 1.165) is 11.1 Å². The van der Waals surface area contributed by atoms with Gasteiger partial charge in [-0.25, -0.2) is 0 Å². The lowest BCUT2D eigenvalue weighted by molar-refractivity contribution is -0.125. The highest BCUT2D eigenvalue weighted by atomic mass is 16.7. The van der Waals surface area contributed by atoms with E-state index in [0.29, 0.717) is 12.2 Å². The van der Waals surface area contributed by atoms with Gasteiger partial charge in [-0.3, -0.25) is 4.79 Å². The molecular weight excluding hydrogens is 252 g/mol. The molecule has 0 atom stereocenters. The fourth-order valence-corrected chi connectivity index (χ4v) is 3.05. The molecule has 0 heterocycles. The summed E-state index contributed by atoms with van der Waals surface area (Å²) >= 11 is 0. The Balaban J connectivity index is 2.61. The Morgan fingerprint density at radius 3 is 2.20 bits per heavy atom. The van der Waals surface area contributed by atoms with Crippen molar-refractivity contribution in [1.29, 1.82) is 0 Å². The molecule has 3 nitrogen and oxygen atoms in total. The number of hydrogen-bond acceptors (Lipinski definition) is 3. The van der Waals surface area contributed by atoms with E-state index in [2.05, 4.69) is 26.0 Å². The second-order valence-electron chi connectivity index (χ2n) is 6.72. The number of rotatable bonds is 3. The maximum atomic E-state index is 12.5. The molecule has 0 aliphatic heterocycles. The van der Waals surface area contributed by atoms with Gasteiger partial charge in [-0.15, -0.1) is 0 Å². The number of carbonyl (C=O) groups excluding carboxylic acids is 1. The number of Topliss-reactive ketones (excluding diaryl/α,β-unsaturated/α-hetero) is 1. The number of benzene rings is 1. The van der Waals surface area contributed by atoms with Crippen molar-refractivity contribution in [3.05, 3.63) is 34.9 Å². The molecule has 2 rings (SSSR count). The molecule has 0 amide bonds. The number of methoxy groups -OCH3 is 2. The first-order valence-corrected chi connectivity index (χ1v) is 6.98. The van der Waals surface area contributed by atoms with Crippen molar-refractivity contribution < 1.29 is 14.3 Å². The average molecular weight is 276 g/mol. The highest BCUT2D eigenvalue weighted by Gasteiger charge is 2.43. The second kappa shape index (κ2) is 4.97. The van der Waals surface area contributed by atoms with Gasteiger partial charge in [-0.2, -0.15) is 0 Å². The van der Waals surface area contributed by atoms with E-state index >= 15 is 0 Å². The summed E-state index contributed by atoms with van der Waals surface area (Å²) in [4.78, 5) is 12.5. The SMILES string of the molecule is COC(OC)c1ccc2c(c1)C(C)(C)C(=O)CC2(C)C. The molecule has 110 valence electrons. The summed E-state index contributed by atoms with van der Waals surface area (Å²) in [5.41, 5.74) is 2.72. The highest BCUT2D eigenvalue weighted by Crippen LogP contribution is 2.44. The van der Waals surface area contributed by atoms with Crippen molar-refractivity contribution >= 4 is 5.78 Å². The molecule has 0 saturated heterocycles. The molecule has 0 aromatic heterocycles. The van der Waals surface area contributed by atoms with Crippen molar-refractivity contribution in [2.24, 2.45) is 0 Å². The van der Waals surface area contributed by atoms with Gasteiger partial charge in [0, 0.05) is 31.6 Å². The van der Waals surface area contributed by atoms with Crippen LogP contribution in [0.3, 0.4) is 0 Å². The third-order valence-corrected chi connectivity index (χ3v) is 4.45. The Morgan fingerprint density at radius 1 is 1.05 bits per heavy atom. The quantitative estimate of drug-likeness (QED) is 0.793. The van der Waals surface area contributed by atoms with Crippen molar-refractivity contribution in [3.63, 3.8) is 0 Å². The van der Waals surface area contributed by atoms with Gasteiger partial charge in [0.15, 0.2) is 6.29 Å². The van der Waals surface area contributed by atoms with Crippen LogP contribution >= 0.6 is 0 Å². The summed E-state index contributed by atoms with van der Waals surface area (Å²) in [7, 11) is 3.24. The number of ketones is 1. The van der Waals surface area contributed by atoms with Gasteiger partial charge in [0.1, 0.15) is 5.78 Å². The molecule has 1 aromatic carbocycles. The molecule has 1 aliphatic carbocycles. The maximum Gasteiger partial charge on any atom is 0.183 e. The second-order valence-corrected chi connectivity index (χ2v) is 6.72. The number of ether oxygens (including phenoxy) is 2. The summed E-state index contributed by atoms with van der Waals surface area (Å²) in [6.45, 7) is 8.26. The highest BCUT2D eigenvalue weighted by molar-refractivity contribution is 5.93. The van der Waals surface area contributed by atoms with Gasteiger partial charge in [-0.1, -0.05) is 26.0 Å². The van der Waals surface area contributed by atoms with Crippen LogP contribution in [0.5, 0.6) is 0 Å². The van der Waals surface area contributed by atoms with Crippen molar-refractivity contribution in [3.8, 4) is 0 Å². The molecule has 1 aromatic rings. The molecule has 0 saturated carbocycles. The van der Waals surface area contributed by atoms with Crippen molar-refractivity contribution in [2.45, 2.75) is 51.2 Å². The molecule has 0 spiro atoms. The van der Waals surface area contributed by atoms with Crippen LogP contribution in [0.25, 0.3) is 0 Å². The van der Waals surface area contributed by atoms with Crippen molar-refractivity contribution in [2.75, 3.05) is 14.2 Å². The zero-order chi connectivity index (χ0) is 15.1. The van der Waals surface area contributed by atoms with Crippen LogP contribution in [0.4, 0.5) is 0 Å². The lowest BCUT2D eigenvalue weighted by atomic mass is 9.62. The minimum atomic E-state index is -0.451. The molecular formula is C17H24O3. The Hall–Kier alpha value is -1.19. The predicted molar refractivity (Wildman–Crippen MR) is 78.9 cm³/mol. The van der Waals surface area contributed by atoms with Gasteiger partial charge in [-0.05, 0) is 36.5 Å². The van der Waals surface area contributed by atoms with E-state index in [-0.39, 0.29) is 5.41 Å². The van der Waals surface area contributed by atoms with Gasteiger partial charge in [0.05, 0.1) is 0 Å². The maximum absolute atomic E-state index is 12.5. The topological polar surface area (TPSA) is 35.5 Å². The van der Waals surface area contributed by atoms with E-state index in [9.17, 15) is 4.79 Å². The lowest BCUT2D eigenvalue weighted by Gasteiger charge is -2.40. The molecule has 0 N–H and O–H groups in total. The van der Waals surface area contributed by atoms with E-state index in [4.69, 9.17) is 9.47 Å². The van der Waals surface area contributed by atoms with E-state index in [1.165, 1.54) is 5.56 Å². The molecule has 0 radical (unpaired) electrons. The number of hydrogen-bond donors (Lipinski definition) is 0. The molecule has 1 aliphatic rings. The average Bonchev–Trinajstić information content (AvgIpc) is 2.38. The van der Waals surface area contributed by atoms with Crippen LogP contribution in [0.15, 0.2) is 18.2 Å². The van der Waals surface area contributed by atoms with Crippen LogP contribution in [-0.4, -0.2) is 20.0 Å². The van der Waals surface area contributed by atoms with E-state index < -0.39 is 11.7 Å². The summed E-state index contributed by atoms with van der Waals surface area (Å²) in [5.74, 6) is 0.290. The van der Waals surface area contributed by atoms with Gasteiger partial charge < -0.3 is 9.47 Å². The molecule has 0 bridgehead atoms. The predicted octanol–water partition coefficient (Wildman–Crippen LogP) is 3.51. The normalized spacial score (nSPS) is 20.1. The lowest BCUT2D eigenvalue weighted by Crippen LogP contribution is -2.42. The van der Waals surface area contributed by atoms with Gasteiger partial charge in [0.25, 0.3) is 0 Å². The van der Waals surface area contributed by atoms with E-state index in [1.54, 1.807) is 14.2 Å². The van der Waals surface area contributed by atoms with Crippen LogP contribution in [-0.2, 0) is 25.1 Å². The monoisotopic (exact) mass is 276 g/mol. The summed E-state index contributed by atoms with van der Waals surface area (Å²) in [6.07, 6.45) is 0.195. The van der Waals surface area contributed by atoms with Crippen LogP contribution < -0.4 is 0 Å². The Kier molecular flexibility index (Phi) is 3.78. The Morgan fingerprint density at radius 2 is 1.65 bits per heavy atom. The zero-order valence-electron chi connectivity index (χ0n) is 13.2. The third-order valence-electron chi connectivity index (χ3n) is 4.45. The van der Waals surface area contributed by atoms with Gasteiger partial charge in [0.2, 0.25) is 0 Å². The van der Waals surface area contributed by atoms with E-state index in [1.807, 2.05) is 19.9 Å². The van der Waals surface area contributed by atoms with Crippen LogP contribution in [0.2, 0.25) is 0 Å². The van der Waals surface area contributed by atoms with Crippen LogP contribution in [0.1, 0.15) is 57.1 Å². The largest absolute Gasteiger partial charge is 0.352 e. The molecule has 20 heavy (non-hydrogen) atoms. The first kappa shape index (κ1) is 15.2. The summed E-state index contributed by atoms with van der Waals surface area (Å²) in [6, 6.07) is 6.21. The van der Waals surface area contributed by atoms with Gasteiger partial charge >= 0.3 is 0 Å². The summed E-state index contributed by atoms with van der Waals surface area (Å²) in [5, 5.41) is 0. The van der Waals surface area contributed by atoms with Crippen LogP contribution in [0, 0.1) is 0 Å². The smallest absolute Gasteiger partial charge is 0.183 e. The van der Waals surface area contributed by atoms with Crippen molar-refractivity contribution in [1.82, 2.24) is 0 Å². The third kappa shape index (κ3) is 2.29. The number of fused-ring (bicyclic) bond motifs is 1. The fourth-order valence-electron chi connectivity index (χ4n) is 3.05. The molecule has 3 heteroatoms. The Labute approximate surface area is 121 Å². The minimum Gasteiger partial charge on any atom is -0.352 e. The molecule has 0 fully saturated rings. The minimum absolute atomic E-state index is 0.115. The first-order valence-electron chi connectivity index (χ1n) is 6.98. The number of carbonyl (C=O) groups is 1. The molecule has 0 unspecified atom stereocenters. The Bertz CT molecular complexity index is 525. The standard InChI is InChI=1S/C17H24O3/c1-16(2)10-14(18)17(3,4)13-9-11(7-8-12(13)16)15(19-5)20-6/h7-9,15H,10H2,1-6H3. The first-order chi connectivity index (χ1) is 9.24.